The van der Waals surface area contributed by atoms with Crippen molar-refractivity contribution in [1.29, 1.82) is 0 Å². The van der Waals surface area contributed by atoms with Crippen molar-refractivity contribution in [3.63, 3.8) is 0 Å². The molecule has 6 rings (SSSR count). The molecule has 1 amide bonds. The standard InChI is InChI=1S/C25H29N7O2/c33-24-19-2-1-7-26-22(19)23-21(30-24)12-16(13-28-23)15-31-8-10-32(11-9-31)18-5-6-20(27-14-18)25(34)29-17-3-4-17/h5-6,12-14,17,26H,1-4,7-11,15H2,(H,29,34)(H,30,33). The van der Waals surface area contributed by atoms with Gasteiger partial charge in [0.25, 0.3) is 11.5 Å². The first kappa shape index (κ1) is 21.1. The highest BCUT2D eigenvalue weighted by molar-refractivity contribution is 5.93. The van der Waals surface area contributed by atoms with Gasteiger partial charge >= 0.3 is 0 Å². The van der Waals surface area contributed by atoms with Crippen LogP contribution in [0.15, 0.2) is 35.4 Å². The molecule has 0 radical (unpaired) electrons. The van der Waals surface area contributed by atoms with E-state index in [4.69, 9.17) is 4.98 Å². The van der Waals surface area contributed by atoms with Crippen LogP contribution in [0.2, 0.25) is 0 Å². The molecule has 3 aromatic heterocycles. The lowest BCUT2D eigenvalue weighted by molar-refractivity contribution is 0.0946. The first-order valence-electron chi connectivity index (χ1n) is 12.2. The minimum atomic E-state index is -0.0829. The number of amides is 1. The number of aromatic amines is 1. The molecule has 2 aliphatic heterocycles. The van der Waals surface area contributed by atoms with Gasteiger partial charge < -0.3 is 20.5 Å². The fourth-order valence-electron chi connectivity index (χ4n) is 4.87. The molecular formula is C25H29N7O2. The molecule has 9 heteroatoms. The molecule has 1 aliphatic carbocycles. The lowest BCUT2D eigenvalue weighted by Gasteiger charge is -2.36. The maximum atomic E-state index is 12.5. The summed E-state index contributed by atoms with van der Waals surface area (Å²) in [4.78, 5) is 41.5. The largest absolute Gasteiger partial charge is 0.383 e. The van der Waals surface area contributed by atoms with Gasteiger partial charge in [-0.15, -0.1) is 0 Å². The monoisotopic (exact) mass is 459 g/mol. The highest BCUT2D eigenvalue weighted by Crippen LogP contribution is 2.26. The molecule has 9 nitrogen and oxygen atoms in total. The zero-order valence-corrected chi connectivity index (χ0v) is 19.1. The zero-order valence-electron chi connectivity index (χ0n) is 19.1. The highest BCUT2D eigenvalue weighted by atomic mass is 16.2. The molecule has 2 fully saturated rings. The summed E-state index contributed by atoms with van der Waals surface area (Å²) in [6.07, 6.45) is 7.64. The number of pyridine rings is 3. The van der Waals surface area contributed by atoms with Crippen LogP contribution in [0.4, 0.5) is 11.4 Å². The van der Waals surface area contributed by atoms with Crippen molar-refractivity contribution < 1.29 is 4.79 Å². The third-order valence-electron chi connectivity index (χ3n) is 6.95. The van der Waals surface area contributed by atoms with Gasteiger partial charge in [0.1, 0.15) is 11.2 Å². The van der Waals surface area contributed by atoms with Crippen LogP contribution < -0.4 is 21.1 Å². The van der Waals surface area contributed by atoms with E-state index < -0.39 is 0 Å². The van der Waals surface area contributed by atoms with Crippen molar-refractivity contribution in [2.24, 2.45) is 0 Å². The van der Waals surface area contributed by atoms with Crippen molar-refractivity contribution >= 4 is 28.3 Å². The number of hydrogen-bond acceptors (Lipinski definition) is 7. The SMILES string of the molecule is O=C(NC1CC1)c1ccc(N2CCN(Cc3cnc4c5c(c(=O)[nH]c4c3)CCCN5)CC2)cn1. The molecule has 1 saturated heterocycles. The second-order valence-electron chi connectivity index (χ2n) is 9.49. The van der Waals surface area contributed by atoms with Gasteiger partial charge in [-0.3, -0.25) is 19.5 Å². The Kier molecular flexibility index (Phi) is 5.41. The predicted molar refractivity (Wildman–Crippen MR) is 131 cm³/mol. The van der Waals surface area contributed by atoms with Crippen molar-refractivity contribution in [2.75, 3.05) is 42.9 Å². The molecule has 0 atom stereocenters. The number of rotatable bonds is 5. The Morgan fingerprint density at radius 2 is 1.97 bits per heavy atom. The average molecular weight is 460 g/mol. The van der Waals surface area contributed by atoms with E-state index in [1.54, 1.807) is 6.20 Å². The van der Waals surface area contributed by atoms with Gasteiger partial charge in [-0.25, -0.2) is 4.98 Å². The van der Waals surface area contributed by atoms with Crippen LogP contribution in [-0.4, -0.2) is 64.5 Å². The number of nitrogens with one attached hydrogen (secondary N) is 3. The zero-order chi connectivity index (χ0) is 23.1. The Balaban J connectivity index is 1.09. The maximum absolute atomic E-state index is 12.5. The fraction of sp³-hybridized carbons (Fsp3) is 0.440. The van der Waals surface area contributed by atoms with Crippen LogP contribution in [-0.2, 0) is 13.0 Å². The lowest BCUT2D eigenvalue weighted by atomic mass is 10.0. The Bertz CT molecular complexity index is 1270. The van der Waals surface area contributed by atoms with Crippen LogP contribution >= 0.6 is 0 Å². The minimum absolute atomic E-state index is 0.00749. The molecule has 0 aromatic carbocycles. The summed E-state index contributed by atoms with van der Waals surface area (Å²) in [5.74, 6) is -0.0829. The molecular weight excluding hydrogens is 430 g/mol. The average Bonchev–Trinajstić information content (AvgIpc) is 3.69. The van der Waals surface area contributed by atoms with E-state index in [0.29, 0.717) is 11.7 Å². The summed E-state index contributed by atoms with van der Waals surface area (Å²) in [5, 5.41) is 6.34. The predicted octanol–water partition coefficient (Wildman–Crippen LogP) is 1.89. The first-order valence-corrected chi connectivity index (χ1v) is 12.2. The number of fused-ring (bicyclic) bond motifs is 3. The Labute approximate surface area is 197 Å². The van der Waals surface area contributed by atoms with Gasteiger partial charge in [-0.05, 0) is 49.4 Å². The molecule has 34 heavy (non-hydrogen) atoms. The fourth-order valence-corrected chi connectivity index (χ4v) is 4.87. The van der Waals surface area contributed by atoms with Gasteiger partial charge in [0, 0.05) is 57.1 Å². The number of nitrogens with zero attached hydrogens (tertiary/aromatic N) is 4. The second kappa shape index (κ2) is 8.72. The van der Waals surface area contributed by atoms with Gasteiger partial charge in [-0.2, -0.15) is 0 Å². The smallest absolute Gasteiger partial charge is 0.270 e. The number of aromatic nitrogens is 3. The Morgan fingerprint density at radius 3 is 2.74 bits per heavy atom. The number of H-pyrrole nitrogens is 1. The number of carbonyl (C=O) groups excluding carboxylic acids is 1. The summed E-state index contributed by atoms with van der Waals surface area (Å²) in [6.45, 7) is 5.30. The van der Waals surface area contributed by atoms with E-state index in [1.807, 2.05) is 18.3 Å². The van der Waals surface area contributed by atoms with Crippen LogP contribution in [0.1, 0.15) is 40.9 Å². The topological polar surface area (TPSA) is 106 Å². The summed E-state index contributed by atoms with van der Waals surface area (Å²) >= 11 is 0. The maximum Gasteiger partial charge on any atom is 0.270 e. The molecule has 3 aromatic rings. The van der Waals surface area contributed by atoms with E-state index in [9.17, 15) is 9.59 Å². The second-order valence-corrected chi connectivity index (χ2v) is 9.49. The van der Waals surface area contributed by atoms with E-state index >= 15 is 0 Å². The summed E-state index contributed by atoms with van der Waals surface area (Å²) < 4.78 is 0. The van der Waals surface area contributed by atoms with Crippen LogP contribution in [0.3, 0.4) is 0 Å². The molecule has 0 unspecified atom stereocenters. The molecule has 5 heterocycles. The number of anilines is 2. The number of carbonyl (C=O) groups is 1. The number of piperazine rings is 1. The van der Waals surface area contributed by atoms with E-state index in [1.165, 1.54) is 0 Å². The summed E-state index contributed by atoms with van der Waals surface area (Å²) in [5.41, 5.74) is 5.98. The molecule has 0 spiro atoms. The third kappa shape index (κ3) is 4.23. The third-order valence-corrected chi connectivity index (χ3v) is 6.95. The minimum Gasteiger partial charge on any atom is -0.383 e. The number of hydrogen-bond donors (Lipinski definition) is 3. The van der Waals surface area contributed by atoms with Crippen LogP contribution in [0.5, 0.6) is 0 Å². The van der Waals surface area contributed by atoms with E-state index in [0.717, 1.165) is 98.5 Å². The molecule has 1 saturated carbocycles. The van der Waals surface area contributed by atoms with Gasteiger partial charge in [0.15, 0.2) is 0 Å². The Hall–Kier alpha value is -3.46. The molecule has 0 bridgehead atoms. The van der Waals surface area contributed by atoms with Crippen LogP contribution in [0.25, 0.3) is 11.0 Å². The van der Waals surface area contributed by atoms with Crippen molar-refractivity contribution in [2.45, 2.75) is 38.3 Å². The normalized spacial score (nSPS) is 18.4. The van der Waals surface area contributed by atoms with Crippen molar-refractivity contribution in [1.82, 2.24) is 25.2 Å². The van der Waals surface area contributed by atoms with Gasteiger partial charge in [0.05, 0.1) is 23.1 Å². The lowest BCUT2D eigenvalue weighted by Crippen LogP contribution is -2.46. The summed E-state index contributed by atoms with van der Waals surface area (Å²) in [6, 6.07) is 6.20. The molecule has 3 aliphatic rings. The van der Waals surface area contributed by atoms with E-state index in [2.05, 4.69) is 36.5 Å². The highest BCUT2D eigenvalue weighted by Gasteiger charge is 2.25. The van der Waals surface area contributed by atoms with E-state index in [-0.39, 0.29) is 11.5 Å². The quantitative estimate of drug-likeness (QED) is 0.535. The molecule has 3 N–H and O–H groups in total. The van der Waals surface area contributed by atoms with Gasteiger partial charge in [-0.1, -0.05) is 0 Å². The van der Waals surface area contributed by atoms with Crippen molar-refractivity contribution in [3.8, 4) is 0 Å². The first-order chi connectivity index (χ1) is 16.6. The Morgan fingerprint density at radius 1 is 1.12 bits per heavy atom. The van der Waals surface area contributed by atoms with Gasteiger partial charge in [0.2, 0.25) is 0 Å². The van der Waals surface area contributed by atoms with Crippen molar-refractivity contribution in [3.05, 3.63) is 57.8 Å². The molecule has 176 valence electrons. The summed E-state index contributed by atoms with van der Waals surface area (Å²) in [7, 11) is 0. The van der Waals surface area contributed by atoms with Crippen LogP contribution in [0, 0.1) is 0 Å².